The van der Waals surface area contributed by atoms with Crippen LogP contribution in [0.5, 0.6) is 0 Å². The van der Waals surface area contributed by atoms with E-state index < -0.39 is 0 Å². The molecule has 0 atom stereocenters. The van der Waals surface area contributed by atoms with Gasteiger partial charge in [0, 0.05) is 50.4 Å². The predicted octanol–water partition coefficient (Wildman–Crippen LogP) is 13.9. The third kappa shape index (κ3) is 5.24. The monoisotopic (exact) mass is 705 g/mol. The molecule has 0 aliphatic heterocycles. The van der Waals surface area contributed by atoms with Crippen LogP contribution in [0.15, 0.2) is 197 Å². The molecule has 0 amide bonds. The van der Waals surface area contributed by atoms with Crippen LogP contribution in [0, 0.1) is 0 Å². The van der Waals surface area contributed by atoms with Crippen molar-refractivity contribution in [1.82, 2.24) is 9.97 Å². The van der Waals surface area contributed by atoms with E-state index in [4.69, 9.17) is 18.8 Å². The Hall–Kier alpha value is -7.50. The van der Waals surface area contributed by atoms with Gasteiger partial charge in [0.05, 0.1) is 0 Å². The summed E-state index contributed by atoms with van der Waals surface area (Å²) in [6.07, 6.45) is 0. The van der Waals surface area contributed by atoms with Crippen molar-refractivity contribution in [2.45, 2.75) is 0 Å². The standard InChI is InChI=1S/C50H31N3O2/c1-3-12-32(13-4-1)34-24-26-38(27-25-34)53(37-16-5-2-6-17-37)39-28-29-40-45(31-39)54-44-21-11-19-42(46(40)44)50-51-47(36-23-22-33-14-7-8-15-35(33)30-36)49-48(52-50)41-18-9-10-20-43(41)55-49/h1-31H. The zero-order valence-corrected chi connectivity index (χ0v) is 29.6. The summed E-state index contributed by atoms with van der Waals surface area (Å²) in [5, 5.41) is 5.23. The van der Waals surface area contributed by atoms with Crippen molar-refractivity contribution in [3.63, 3.8) is 0 Å². The van der Waals surface area contributed by atoms with Crippen molar-refractivity contribution in [2.24, 2.45) is 0 Å². The lowest BCUT2D eigenvalue weighted by Crippen LogP contribution is -2.09. The van der Waals surface area contributed by atoms with E-state index in [1.807, 2.05) is 42.5 Å². The van der Waals surface area contributed by atoms with Gasteiger partial charge in [-0.3, -0.25) is 0 Å². The summed E-state index contributed by atoms with van der Waals surface area (Å²) in [5.41, 5.74) is 11.9. The predicted molar refractivity (Wildman–Crippen MR) is 225 cm³/mol. The van der Waals surface area contributed by atoms with Gasteiger partial charge in [0.25, 0.3) is 0 Å². The van der Waals surface area contributed by atoms with Crippen LogP contribution >= 0.6 is 0 Å². The fourth-order valence-corrected chi connectivity index (χ4v) is 7.84. The molecule has 3 heterocycles. The molecule has 0 aliphatic carbocycles. The minimum atomic E-state index is 0.615. The van der Waals surface area contributed by atoms with Gasteiger partial charge >= 0.3 is 0 Å². The third-order valence-electron chi connectivity index (χ3n) is 10.5. The highest BCUT2D eigenvalue weighted by molar-refractivity contribution is 6.14. The van der Waals surface area contributed by atoms with Crippen molar-refractivity contribution in [3.8, 4) is 33.8 Å². The minimum absolute atomic E-state index is 0.615. The van der Waals surface area contributed by atoms with Gasteiger partial charge in [0.15, 0.2) is 11.4 Å². The number of benzene rings is 8. The van der Waals surface area contributed by atoms with Gasteiger partial charge in [-0.05, 0) is 82.6 Å². The minimum Gasteiger partial charge on any atom is -0.456 e. The molecule has 8 aromatic carbocycles. The first-order chi connectivity index (χ1) is 27.2. The Bertz CT molecular complexity index is 3200. The number of rotatable bonds is 6. The summed E-state index contributed by atoms with van der Waals surface area (Å²) in [4.78, 5) is 12.8. The SMILES string of the molecule is c1ccc(-c2ccc(N(c3ccccc3)c3ccc4c(c3)oc3cccc(-c5nc(-c6ccc7ccccc7c6)c6oc7ccccc7c6n5)c34)cc2)cc1. The molecule has 55 heavy (non-hydrogen) atoms. The van der Waals surface area contributed by atoms with E-state index in [0.29, 0.717) is 11.4 Å². The van der Waals surface area contributed by atoms with Gasteiger partial charge in [0.2, 0.25) is 0 Å². The second-order valence-electron chi connectivity index (χ2n) is 13.8. The molecule has 0 aliphatic rings. The average molecular weight is 706 g/mol. The third-order valence-corrected chi connectivity index (χ3v) is 10.5. The molecule has 0 radical (unpaired) electrons. The summed E-state index contributed by atoms with van der Waals surface area (Å²) in [6, 6.07) is 65.0. The molecule has 0 saturated carbocycles. The van der Waals surface area contributed by atoms with Gasteiger partial charge < -0.3 is 13.7 Å². The number of hydrogen-bond donors (Lipinski definition) is 0. The highest BCUT2D eigenvalue weighted by Gasteiger charge is 2.22. The Balaban J connectivity index is 1.08. The summed E-state index contributed by atoms with van der Waals surface area (Å²) in [5.74, 6) is 0.615. The van der Waals surface area contributed by atoms with Crippen LogP contribution in [0.3, 0.4) is 0 Å². The normalized spacial score (nSPS) is 11.6. The van der Waals surface area contributed by atoms with E-state index in [1.165, 1.54) is 16.5 Å². The van der Waals surface area contributed by atoms with Crippen LogP contribution in [-0.4, -0.2) is 9.97 Å². The summed E-state index contributed by atoms with van der Waals surface area (Å²) < 4.78 is 13.1. The Morgan fingerprint density at radius 1 is 0.400 bits per heavy atom. The van der Waals surface area contributed by atoms with Gasteiger partial charge in [0.1, 0.15) is 28.0 Å². The van der Waals surface area contributed by atoms with Crippen molar-refractivity contribution < 1.29 is 8.83 Å². The topological polar surface area (TPSA) is 55.3 Å². The quantitative estimate of drug-likeness (QED) is 0.172. The number of nitrogens with zero attached hydrogens (tertiary/aromatic N) is 3. The van der Waals surface area contributed by atoms with Crippen molar-refractivity contribution >= 4 is 71.8 Å². The molecule has 0 fully saturated rings. The Morgan fingerprint density at radius 2 is 1.07 bits per heavy atom. The molecule has 3 aromatic heterocycles. The van der Waals surface area contributed by atoms with Crippen molar-refractivity contribution in [3.05, 3.63) is 188 Å². The van der Waals surface area contributed by atoms with E-state index >= 15 is 0 Å². The van der Waals surface area contributed by atoms with Crippen molar-refractivity contribution in [1.29, 1.82) is 0 Å². The molecule has 11 rings (SSSR count). The lowest BCUT2D eigenvalue weighted by molar-refractivity contribution is 0.667. The first kappa shape index (κ1) is 31.1. The summed E-state index contributed by atoms with van der Waals surface area (Å²) >= 11 is 0. The molecular weight excluding hydrogens is 675 g/mol. The van der Waals surface area contributed by atoms with E-state index in [9.17, 15) is 0 Å². The molecule has 5 heteroatoms. The Labute approximate surface area is 316 Å². The lowest BCUT2D eigenvalue weighted by Gasteiger charge is -2.25. The molecule has 11 aromatic rings. The van der Waals surface area contributed by atoms with E-state index in [2.05, 4.69) is 150 Å². The summed E-state index contributed by atoms with van der Waals surface area (Å²) in [7, 11) is 0. The van der Waals surface area contributed by atoms with Crippen LogP contribution in [-0.2, 0) is 0 Å². The summed E-state index contributed by atoms with van der Waals surface area (Å²) in [6.45, 7) is 0. The molecular formula is C50H31N3O2. The maximum Gasteiger partial charge on any atom is 0.180 e. The van der Waals surface area contributed by atoms with Crippen LogP contribution in [0.25, 0.3) is 88.6 Å². The second-order valence-corrected chi connectivity index (χ2v) is 13.8. The number of anilines is 3. The number of para-hydroxylation sites is 2. The highest BCUT2D eigenvalue weighted by atomic mass is 16.3. The lowest BCUT2D eigenvalue weighted by atomic mass is 10.0. The fraction of sp³-hybridized carbons (Fsp3) is 0. The van der Waals surface area contributed by atoms with Crippen LogP contribution in [0.1, 0.15) is 0 Å². The molecule has 0 bridgehead atoms. The van der Waals surface area contributed by atoms with Crippen LogP contribution < -0.4 is 4.90 Å². The van der Waals surface area contributed by atoms with E-state index in [1.54, 1.807) is 0 Å². The van der Waals surface area contributed by atoms with Gasteiger partial charge in [-0.1, -0.05) is 121 Å². The number of hydrogen-bond acceptors (Lipinski definition) is 5. The molecule has 0 unspecified atom stereocenters. The van der Waals surface area contributed by atoms with Crippen LogP contribution in [0.2, 0.25) is 0 Å². The largest absolute Gasteiger partial charge is 0.456 e. The maximum absolute atomic E-state index is 6.66. The molecule has 0 spiro atoms. The van der Waals surface area contributed by atoms with Crippen LogP contribution in [0.4, 0.5) is 17.1 Å². The first-order valence-corrected chi connectivity index (χ1v) is 18.4. The number of furan rings is 2. The number of fused-ring (bicyclic) bond motifs is 7. The maximum atomic E-state index is 6.66. The van der Waals surface area contributed by atoms with Gasteiger partial charge in [-0.25, -0.2) is 9.97 Å². The van der Waals surface area contributed by atoms with Crippen molar-refractivity contribution in [2.75, 3.05) is 4.90 Å². The Kier molecular flexibility index (Phi) is 7.10. The second kappa shape index (κ2) is 12.6. The molecule has 5 nitrogen and oxygen atoms in total. The van der Waals surface area contributed by atoms with Gasteiger partial charge in [-0.15, -0.1) is 0 Å². The molecule has 0 N–H and O–H groups in total. The van der Waals surface area contributed by atoms with Gasteiger partial charge in [-0.2, -0.15) is 0 Å². The fourth-order valence-electron chi connectivity index (χ4n) is 7.84. The Morgan fingerprint density at radius 3 is 1.93 bits per heavy atom. The average Bonchev–Trinajstić information content (AvgIpc) is 3.82. The zero-order chi connectivity index (χ0) is 36.3. The molecule has 258 valence electrons. The van der Waals surface area contributed by atoms with E-state index in [-0.39, 0.29) is 0 Å². The first-order valence-electron chi connectivity index (χ1n) is 18.4. The zero-order valence-electron chi connectivity index (χ0n) is 29.6. The smallest absolute Gasteiger partial charge is 0.180 e. The highest BCUT2D eigenvalue weighted by Crippen LogP contribution is 2.43. The molecule has 0 saturated heterocycles. The van der Waals surface area contributed by atoms with E-state index in [0.717, 1.165) is 77.7 Å². The number of aromatic nitrogens is 2.